The Kier molecular flexibility index (Phi) is 7.92. The fourth-order valence-electron chi connectivity index (χ4n) is 3.11. The lowest BCUT2D eigenvalue weighted by Gasteiger charge is -2.17. The van der Waals surface area contributed by atoms with Crippen LogP contribution in [0.5, 0.6) is 0 Å². The first-order valence-electron chi connectivity index (χ1n) is 10.8. The minimum atomic E-state index is -0.857. The number of carbonyl (C=O) groups excluding carboxylic acids is 3. The maximum Gasteiger partial charge on any atom is 0.341 e. The van der Waals surface area contributed by atoms with Crippen LogP contribution in [0.4, 0.5) is 10.8 Å². The quantitative estimate of drug-likeness (QED) is 0.446. The van der Waals surface area contributed by atoms with Crippen LogP contribution in [0.15, 0.2) is 9.59 Å². The molecule has 10 nitrogen and oxygen atoms in total. The largest absolute Gasteiger partial charge is 0.454 e. The summed E-state index contributed by atoms with van der Waals surface area (Å²) in [5, 5.41) is 3.08. The third-order valence-electron chi connectivity index (χ3n) is 5.24. The second kappa shape index (κ2) is 9.96. The Morgan fingerprint density at radius 3 is 2.24 bits per heavy atom. The van der Waals surface area contributed by atoms with Crippen molar-refractivity contribution in [2.45, 2.75) is 55.0 Å². The third kappa shape index (κ3) is 5.46. The van der Waals surface area contributed by atoms with Gasteiger partial charge in [-0.3, -0.25) is 23.5 Å². The highest BCUT2D eigenvalue weighted by Gasteiger charge is 2.28. The molecule has 0 radical (unpaired) electrons. The molecule has 0 spiro atoms. The van der Waals surface area contributed by atoms with Gasteiger partial charge in [0.1, 0.15) is 16.4 Å². The number of amides is 1. The number of nitrogens with zero attached hydrogens (tertiary/aromatic N) is 2. The molecule has 0 saturated heterocycles. The average molecular weight is 493 g/mol. The minimum Gasteiger partial charge on any atom is -0.454 e. The van der Waals surface area contributed by atoms with Crippen LogP contribution < -0.4 is 22.3 Å². The van der Waals surface area contributed by atoms with E-state index in [-0.39, 0.29) is 29.8 Å². The van der Waals surface area contributed by atoms with Crippen LogP contribution in [0.1, 0.15) is 65.8 Å². The molecule has 0 bridgehead atoms. The monoisotopic (exact) mass is 492 g/mol. The molecular weight excluding hydrogens is 460 g/mol. The highest BCUT2D eigenvalue weighted by atomic mass is 32.1. The van der Waals surface area contributed by atoms with Crippen molar-refractivity contribution in [2.75, 3.05) is 17.7 Å². The lowest BCUT2D eigenvalue weighted by atomic mass is 9.96. The molecule has 0 fully saturated rings. The molecule has 2 aromatic heterocycles. The minimum absolute atomic E-state index is 0.0322. The Hall–Kier alpha value is -3.21. The first-order chi connectivity index (χ1) is 15.6. The fourth-order valence-corrected chi connectivity index (χ4v) is 4.16. The zero-order valence-electron chi connectivity index (χ0n) is 20.8. The number of thiophene rings is 1. The summed E-state index contributed by atoms with van der Waals surface area (Å²) in [6.07, 6.45) is 0. The smallest absolute Gasteiger partial charge is 0.341 e. The Morgan fingerprint density at radius 1 is 1.12 bits per heavy atom. The van der Waals surface area contributed by atoms with Crippen molar-refractivity contribution >= 4 is 39.8 Å². The number of nitrogens with one attached hydrogen (secondary N) is 1. The van der Waals surface area contributed by atoms with E-state index < -0.39 is 40.6 Å². The number of rotatable bonds is 7. The number of aryl methyl sites for hydroxylation is 1. The molecular formula is C23H32N4O6S. The molecule has 0 aromatic carbocycles. The maximum atomic E-state index is 12.9. The number of aromatic nitrogens is 2. The number of anilines is 2. The van der Waals surface area contributed by atoms with Gasteiger partial charge in [-0.15, -0.1) is 11.3 Å². The molecule has 11 heteroatoms. The number of hydrogen-bond donors (Lipinski definition) is 2. The molecule has 0 atom stereocenters. The van der Waals surface area contributed by atoms with E-state index in [2.05, 4.69) is 5.32 Å². The van der Waals surface area contributed by atoms with Crippen molar-refractivity contribution in [2.24, 2.45) is 18.4 Å². The van der Waals surface area contributed by atoms with Crippen LogP contribution in [-0.4, -0.2) is 33.4 Å². The zero-order valence-corrected chi connectivity index (χ0v) is 21.6. The summed E-state index contributed by atoms with van der Waals surface area (Å²) in [5.41, 5.74) is 4.20. The molecule has 0 unspecified atom stereocenters. The zero-order chi connectivity index (χ0) is 26.1. The summed E-state index contributed by atoms with van der Waals surface area (Å²) in [5.74, 6) is -2.14. The summed E-state index contributed by atoms with van der Waals surface area (Å²) in [7, 11) is 1.26. The Labute approximate surface area is 201 Å². The van der Waals surface area contributed by atoms with Crippen LogP contribution in [-0.2, 0) is 23.1 Å². The molecule has 0 aliphatic heterocycles. The molecule has 0 aliphatic carbocycles. The van der Waals surface area contributed by atoms with Gasteiger partial charge < -0.3 is 15.8 Å². The van der Waals surface area contributed by atoms with Crippen molar-refractivity contribution in [3.05, 3.63) is 42.4 Å². The first-order valence-corrected chi connectivity index (χ1v) is 11.6. The number of hydrogen-bond acceptors (Lipinski definition) is 8. The average Bonchev–Trinajstić information content (AvgIpc) is 3.00. The number of ether oxygens (including phenoxy) is 1. The van der Waals surface area contributed by atoms with Crippen LogP contribution in [0.3, 0.4) is 0 Å². The molecule has 0 saturated carbocycles. The van der Waals surface area contributed by atoms with Crippen molar-refractivity contribution in [3.63, 3.8) is 0 Å². The van der Waals surface area contributed by atoms with E-state index in [9.17, 15) is 24.0 Å². The first kappa shape index (κ1) is 27.0. The molecule has 34 heavy (non-hydrogen) atoms. The number of ketones is 1. The Balaban J connectivity index is 2.35. The molecule has 2 heterocycles. The van der Waals surface area contributed by atoms with E-state index in [1.165, 1.54) is 18.4 Å². The lowest BCUT2D eigenvalue weighted by molar-refractivity contribution is -0.123. The normalized spacial score (nSPS) is 11.6. The van der Waals surface area contributed by atoms with Crippen molar-refractivity contribution in [1.29, 1.82) is 0 Å². The molecule has 3 N–H and O–H groups in total. The summed E-state index contributed by atoms with van der Waals surface area (Å²) < 4.78 is 7.19. The number of esters is 1. The van der Waals surface area contributed by atoms with Gasteiger partial charge in [0, 0.05) is 23.9 Å². The lowest BCUT2D eigenvalue weighted by Crippen LogP contribution is -2.43. The SMILES string of the molecule is Cc1sc(NC(=O)C(C)(C)C)c(C(=O)OCC(=O)c2c(N)n(CC(C)C)c(=O)n(C)c2=O)c1C. The van der Waals surface area contributed by atoms with Gasteiger partial charge >= 0.3 is 11.7 Å². The van der Waals surface area contributed by atoms with Crippen molar-refractivity contribution < 1.29 is 19.1 Å². The predicted molar refractivity (Wildman–Crippen MR) is 132 cm³/mol. The summed E-state index contributed by atoms with van der Waals surface area (Å²) in [6, 6.07) is 0. The van der Waals surface area contributed by atoms with Gasteiger partial charge in [0.2, 0.25) is 11.7 Å². The van der Waals surface area contributed by atoms with Gasteiger partial charge in [-0.2, -0.15) is 0 Å². The second-order valence-electron chi connectivity index (χ2n) is 9.60. The standard InChI is InChI=1S/C23H32N4O6S/c1-11(2)9-27-17(24)16(19(29)26(8)22(27)32)14(28)10-33-20(30)15-12(3)13(4)34-18(15)25-21(31)23(5,6)7/h11H,9-10,24H2,1-8H3,(H,25,31). The third-order valence-corrected chi connectivity index (χ3v) is 6.36. The Bertz CT molecular complexity index is 1260. The molecule has 0 aliphatic rings. The summed E-state index contributed by atoms with van der Waals surface area (Å²) in [4.78, 5) is 64.0. The highest BCUT2D eigenvalue weighted by molar-refractivity contribution is 7.16. The second-order valence-corrected chi connectivity index (χ2v) is 10.8. The fraction of sp³-hybridized carbons (Fsp3) is 0.522. The van der Waals surface area contributed by atoms with E-state index in [4.69, 9.17) is 10.5 Å². The number of carbonyl (C=O) groups is 3. The molecule has 1 amide bonds. The number of Topliss-reactive ketones (excluding diaryl/α,β-unsaturated/α-hetero) is 1. The van der Waals surface area contributed by atoms with Crippen LogP contribution in [0.25, 0.3) is 0 Å². The van der Waals surface area contributed by atoms with Gasteiger partial charge in [-0.25, -0.2) is 9.59 Å². The van der Waals surface area contributed by atoms with E-state index in [1.807, 2.05) is 13.8 Å². The van der Waals surface area contributed by atoms with Gasteiger partial charge in [-0.1, -0.05) is 34.6 Å². The van der Waals surface area contributed by atoms with E-state index >= 15 is 0 Å². The molecule has 186 valence electrons. The van der Waals surface area contributed by atoms with Crippen molar-refractivity contribution in [3.8, 4) is 0 Å². The highest BCUT2D eigenvalue weighted by Crippen LogP contribution is 2.34. The van der Waals surface area contributed by atoms with Crippen LogP contribution in [0.2, 0.25) is 0 Å². The van der Waals surface area contributed by atoms with E-state index in [0.717, 1.165) is 14.0 Å². The number of nitrogens with two attached hydrogens (primary N) is 1. The van der Waals surface area contributed by atoms with Crippen molar-refractivity contribution in [1.82, 2.24) is 9.13 Å². The summed E-state index contributed by atoms with van der Waals surface area (Å²) >= 11 is 1.23. The van der Waals surface area contributed by atoms with Gasteiger partial charge in [-0.05, 0) is 25.3 Å². The maximum absolute atomic E-state index is 12.9. The van der Waals surface area contributed by atoms with Gasteiger partial charge in [0.15, 0.2) is 6.61 Å². The summed E-state index contributed by atoms with van der Waals surface area (Å²) in [6.45, 7) is 11.9. The topological polar surface area (TPSA) is 142 Å². The van der Waals surface area contributed by atoms with E-state index in [0.29, 0.717) is 10.6 Å². The molecule has 2 rings (SSSR count). The number of nitrogen functional groups attached to an aromatic ring is 1. The molecule has 2 aromatic rings. The van der Waals surface area contributed by atoms with E-state index in [1.54, 1.807) is 34.6 Å². The van der Waals surface area contributed by atoms with Gasteiger partial charge in [0.25, 0.3) is 5.56 Å². The van der Waals surface area contributed by atoms with Crippen LogP contribution >= 0.6 is 11.3 Å². The Morgan fingerprint density at radius 2 is 1.71 bits per heavy atom. The van der Waals surface area contributed by atoms with Crippen LogP contribution in [0, 0.1) is 25.2 Å². The predicted octanol–water partition coefficient (Wildman–Crippen LogP) is 2.49. The van der Waals surface area contributed by atoms with Gasteiger partial charge in [0.05, 0.1) is 5.56 Å².